The van der Waals surface area contributed by atoms with Gasteiger partial charge in [0.05, 0.1) is 0 Å². The van der Waals surface area contributed by atoms with Crippen LogP contribution in [0.2, 0.25) is 0 Å². The molecule has 2 nitrogen and oxygen atoms in total. The largest absolute Gasteiger partial charge is 0.333 e. The van der Waals surface area contributed by atoms with Gasteiger partial charge in [-0.3, -0.25) is 4.57 Å². The van der Waals surface area contributed by atoms with Crippen LogP contribution in [0.1, 0.15) is 39.0 Å². The summed E-state index contributed by atoms with van der Waals surface area (Å²) in [6, 6.07) is 0. The van der Waals surface area contributed by atoms with Crippen molar-refractivity contribution in [1.29, 1.82) is 0 Å². The van der Waals surface area contributed by atoms with Crippen LogP contribution in [0.3, 0.4) is 0 Å². The minimum Gasteiger partial charge on any atom is -0.333 e. The molecule has 0 N–H and O–H groups in total. The molecule has 0 spiro atoms. The van der Waals surface area contributed by atoms with Gasteiger partial charge in [-0.05, 0) is 12.8 Å². The molecule has 11 heavy (non-hydrogen) atoms. The molecule has 0 aliphatic heterocycles. The standard InChI is InChI=1S/C8H17O2P/c1-8(11(9)10-2)6-4-3-5-7-8/h11H,3-7H2,1-2H3. The quantitative estimate of drug-likeness (QED) is 0.605. The highest BCUT2D eigenvalue weighted by Crippen LogP contribution is 2.48. The third-order valence-electron chi connectivity index (χ3n) is 2.64. The molecule has 0 aromatic rings. The molecule has 0 bridgehead atoms. The zero-order valence-corrected chi connectivity index (χ0v) is 8.35. The summed E-state index contributed by atoms with van der Waals surface area (Å²) in [4.78, 5) is 0. The lowest BCUT2D eigenvalue weighted by molar-refractivity contribution is 0.338. The summed E-state index contributed by atoms with van der Waals surface area (Å²) in [5.41, 5.74) is 0. The predicted molar refractivity (Wildman–Crippen MR) is 47.5 cm³/mol. The van der Waals surface area contributed by atoms with Gasteiger partial charge < -0.3 is 4.52 Å². The van der Waals surface area contributed by atoms with Gasteiger partial charge in [-0.1, -0.05) is 26.2 Å². The van der Waals surface area contributed by atoms with Crippen LogP contribution in [0.25, 0.3) is 0 Å². The molecule has 0 saturated heterocycles. The van der Waals surface area contributed by atoms with Crippen molar-refractivity contribution in [1.82, 2.24) is 0 Å². The van der Waals surface area contributed by atoms with Crippen LogP contribution in [0, 0.1) is 0 Å². The van der Waals surface area contributed by atoms with E-state index < -0.39 is 8.03 Å². The van der Waals surface area contributed by atoms with Crippen LogP contribution in [-0.4, -0.2) is 12.3 Å². The summed E-state index contributed by atoms with van der Waals surface area (Å²) in [6.07, 6.45) is 5.90. The fourth-order valence-electron chi connectivity index (χ4n) is 1.78. The maximum atomic E-state index is 11.5. The van der Waals surface area contributed by atoms with Gasteiger partial charge in [-0.25, -0.2) is 0 Å². The molecule has 1 aliphatic rings. The SMILES string of the molecule is CO[PH](=O)C1(C)CCCCC1. The summed E-state index contributed by atoms with van der Waals surface area (Å²) in [5.74, 6) is 0. The molecule has 0 aromatic heterocycles. The molecule has 1 saturated carbocycles. The molecule has 0 heterocycles. The van der Waals surface area contributed by atoms with E-state index in [4.69, 9.17) is 4.52 Å². The van der Waals surface area contributed by atoms with Gasteiger partial charge in [0.15, 0.2) is 8.03 Å². The van der Waals surface area contributed by atoms with E-state index in [1.807, 2.05) is 0 Å². The lowest BCUT2D eigenvalue weighted by Gasteiger charge is -2.31. The Bertz CT molecular complexity index is 150. The van der Waals surface area contributed by atoms with Crippen molar-refractivity contribution < 1.29 is 9.09 Å². The summed E-state index contributed by atoms with van der Waals surface area (Å²) >= 11 is 0. The molecule has 0 aromatic carbocycles. The summed E-state index contributed by atoms with van der Waals surface area (Å²) in [7, 11) is -0.221. The van der Waals surface area contributed by atoms with Gasteiger partial charge in [-0.2, -0.15) is 0 Å². The maximum Gasteiger partial charge on any atom is 0.197 e. The smallest absolute Gasteiger partial charge is 0.197 e. The molecule has 1 aliphatic carbocycles. The van der Waals surface area contributed by atoms with Crippen molar-refractivity contribution in [2.24, 2.45) is 0 Å². The normalized spacial score (nSPS) is 26.4. The first-order valence-corrected chi connectivity index (χ1v) is 5.59. The van der Waals surface area contributed by atoms with Crippen molar-refractivity contribution in [2.45, 2.75) is 44.2 Å². The van der Waals surface area contributed by atoms with E-state index in [0.717, 1.165) is 12.8 Å². The summed E-state index contributed by atoms with van der Waals surface area (Å²) < 4.78 is 16.4. The van der Waals surface area contributed by atoms with Crippen molar-refractivity contribution in [3.63, 3.8) is 0 Å². The zero-order chi connectivity index (χ0) is 8.32. The van der Waals surface area contributed by atoms with Gasteiger partial charge in [0.25, 0.3) is 0 Å². The average molecular weight is 176 g/mol. The van der Waals surface area contributed by atoms with Crippen molar-refractivity contribution in [3.05, 3.63) is 0 Å². The molecule has 3 heteroatoms. The van der Waals surface area contributed by atoms with Crippen LogP contribution >= 0.6 is 8.03 Å². The summed E-state index contributed by atoms with van der Waals surface area (Å²) in [6.45, 7) is 2.09. The van der Waals surface area contributed by atoms with Crippen LogP contribution in [0.5, 0.6) is 0 Å². The molecule has 1 rings (SSSR count). The molecular formula is C8H17O2P. The minimum absolute atomic E-state index is 0.0116. The van der Waals surface area contributed by atoms with Crippen LogP contribution < -0.4 is 0 Å². The Morgan fingerprint density at radius 2 is 1.82 bits per heavy atom. The Hall–Kier alpha value is 0.190. The highest BCUT2D eigenvalue weighted by atomic mass is 31.1. The minimum atomic E-state index is -1.78. The fraction of sp³-hybridized carbons (Fsp3) is 1.00. The van der Waals surface area contributed by atoms with E-state index in [9.17, 15) is 4.57 Å². The lowest BCUT2D eigenvalue weighted by atomic mass is 9.90. The summed E-state index contributed by atoms with van der Waals surface area (Å²) in [5, 5.41) is 0.0116. The number of hydrogen-bond donors (Lipinski definition) is 0. The second-order valence-electron chi connectivity index (χ2n) is 3.61. The van der Waals surface area contributed by atoms with Crippen molar-refractivity contribution in [2.75, 3.05) is 7.11 Å². The third-order valence-corrected chi connectivity index (χ3v) is 4.49. The van der Waals surface area contributed by atoms with E-state index >= 15 is 0 Å². The van der Waals surface area contributed by atoms with Crippen LogP contribution in [0.4, 0.5) is 0 Å². The predicted octanol–water partition coefficient (Wildman–Crippen LogP) is 2.83. The second-order valence-corrected chi connectivity index (χ2v) is 5.80. The number of rotatable bonds is 2. The Labute approximate surface area is 69.2 Å². The third kappa shape index (κ3) is 2.07. The van der Waals surface area contributed by atoms with Crippen molar-refractivity contribution >= 4 is 8.03 Å². The molecular weight excluding hydrogens is 159 g/mol. The van der Waals surface area contributed by atoms with Gasteiger partial charge in [0.2, 0.25) is 0 Å². The Kier molecular flexibility index (Phi) is 3.15. The Morgan fingerprint density at radius 1 is 1.27 bits per heavy atom. The van der Waals surface area contributed by atoms with E-state index in [2.05, 4.69) is 6.92 Å². The first-order valence-electron chi connectivity index (χ1n) is 4.27. The van der Waals surface area contributed by atoms with Gasteiger partial charge in [0, 0.05) is 12.3 Å². The molecule has 1 atom stereocenters. The van der Waals surface area contributed by atoms with E-state index in [-0.39, 0.29) is 5.16 Å². The maximum absolute atomic E-state index is 11.5. The molecule has 0 amide bonds. The van der Waals surface area contributed by atoms with Gasteiger partial charge >= 0.3 is 0 Å². The molecule has 0 radical (unpaired) electrons. The van der Waals surface area contributed by atoms with Gasteiger partial charge in [-0.15, -0.1) is 0 Å². The topological polar surface area (TPSA) is 26.3 Å². The Morgan fingerprint density at radius 3 is 2.27 bits per heavy atom. The lowest BCUT2D eigenvalue weighted by Crippen LogP contribution is -2.23. The van der Waals surface area contributed by atoms with Gasteiger partial charge in [0.1, 0.15) is 0 Å². The monoisotopic (exact) mass is 176 g/mol. The van der Waals surface area contributed by atoms with E-state index in [0.29, 0.717) is 0 Å². The van der Waals surface area contributed by atoms with Crippen molar-refractivity contribution in [3.8, 4) is 0 Å². The molecule has 1 unspecified atom stereocenters. The van der Waals surface area contributed by atoms with E-state index in [1.165, 1.54) is 19.3 Å². The average Bonchev–Trinajstić information content (AvgIpc) is 2.04. The number of hydrogen-bond acceptors (Lipinski definition) is 2. The molecule has 66 valence electrons. The zero-order valence-electron chi connectivity index (χ0n) is 7.35. The first kappa shape index (κ1) is 9.28. The first-order chi connectivity index (χ1) is 5.19. The van der Waals surface area contributed by atoms with Crippen LogP contribution in [-0.2, 0) is 9.09 Å². The van der Waals surface area contributed by atoms with E-state index in [1.54, 1.807) is 7.11 Å². The second kappa shape index (κ2) is 3.73. The van der Waals surface area contributed by atoms with Crippen LogP contribution in [0.15, 0.2) is 0 Å². The molecule has 1 fully saturated rings. The fourth-order valence-corrected chi connectivity index (χ4v) is 3.04. The highest BCUT2D eigenvalue weighted by molar-refractivity contribution is 7.41. The highest BCUT2D eigenvalue weighted by Gasteiger charge is 2.32. The Balaban J connectivity index is 2.56.